The van der Waals surface area contributed by atoms with Crippen molar-refractivity contribution in [2.24, 2.45) is 11.3 Å². The van der Waals surface area contributed by atoms with Gasteiger partial charge in [-0.05, 0) is 42.9 Å². The van der Waals surface area contributed by atoms with Gasteiger partial charge in [-0.2, -0.15) is 5.26 Å². The first-order valence-corrected chi connectivity index (χ1v) is 11.7. The van der Waals surface area contributed by atoms with Crippen molar-refractivity contribution in [3.05, 3.63) is 28.9 Å². The van der Waals surface area contributed by atoms with E-state index in [2.05, 4.69) is 27.0 Å². The van der Waals surface area contributed by atoms with E-state index in [0.29, 0.717) is 41.2 Å². The molecule has 9 nitrogen and oxygen atoms in total. The van der Waals surface area contributed by atoms with E-state index in [9.17, 15) is 20.0 Å². The van der Waals surface area contributed by atoms with Crippen molar-refractivity contribution in [1.29, 1.82) is 5.26 Å². The molecule has 4 atom stereocenters. The predicted octanol–water partition coefficient (Wildman–Crippen LogP) is 2.75. The van der Waals surface area contributed by atoms with Gasteiger partial charge in [0.1, 0.15) is 18.0 Å². The van der Waals surface area contributed by atoms with Crippen molar-refractivity contribution in [2.45, 2.75) is 58.3 Å². The number of nitrogens with zero attached hydrogens (tertiary/aromatic N) is 1. The fourth-order valence-corrected chi connectivity index (χ4v) is 4.46. The summed E-state index contributed by atoms with van der Waals surface area (Å²) in [4.78, 5) is 28.2. The molecule has 184 valence electrons. The minimum Gasteiger partial charge on any atom is -0.494 e. The Morgan fingerprint density at radius 1 is 1.41 bits per heavy atom. The molecule has 0 bridgehead atoms. The first-order valence-electron chi connectivity index (χ1n) is 11.3. The summed E-state index contributed by atoms with van der Waals surface area (Å²) in [5.74, 6) is -0.303. The summed E-state index contributed by atoms with van der Waals surface area (Å²) >= 11 is 6.20. The van der Waals surface area contributed by atoms with Crippen LogP contribution >= 0.6 is 11.6 Å². The highest BCUT2D eigenvalue weighted by molar-refractivity contribution is 6.33. The quantitative estimate of drug-likeness (QED) is 0.343. The number of aromatic amines is 1. The maximum atomic E-state index is 13.1. The number of aromatic nitrogens is 1. The van der Waals surface area contributed by atoms with E-state index >= 15 is 0 Å². The zero-order valence-corrected chi connectivity index (χ0v) is 20.6. The van der Waals surface area contributed by atoms with Gasteiger partial charge >= 0.3 is 0 Å². The van der Waals surface area contributed by atoms with Crippen molar-refractivity contribution >= 4 is 34.3 Å². The number of halogens is 1. The molecular weight excluding hydrogens is 458 g/mol. The van der Waals surface area contributed by atoms with Crippen LogP contribution < -0.4 is 20.7 Å². The average molecular weight is 490 g/mol. The fourth-order valence-electron chi connectivity index (χ4n) is 4.22. The Balaban J connectivity index is 1.76. The van der Waals surface area contributed by atoms with Gasteiger partial charge in [0.05, 0.1) is 29.9 Å². The molecule has 1 fully saturated rings. The number of rotatable bonds is 9. The van der Waals surface area contributed by atoms with Gasteiger partial charge in [-0.3, -0.25) is 14.9 Å². The van der Waals surface area contributed by atoms with Gasteiger partial charge in [-0.1, -0.05) is 32.4 Å². The van der Waals surface area contributed by atoms with Crippen LogP contribution in [0.25, 0.3) is 10.9 Å². The highest BCUT2D eigenvalue weighted by Crippen LogP contribution is 2.34. The van der Waals surface area contributed by atoms with Gasteiger partial charge in [-0.25, -0.2) is 0 Å². The Morgan fingerprint density at radius 3 is 2.74 bits per heavy atom. The molecule has 1 aliphatic rings. The molecule has 34 heavy (non-hydrogen) atoms. The average Bonchev–Trinajstić information content (AvgIpc) is 3.37. The van der Waals surface area contributed by atoms with Crippen molar-refractivity contribution in [3.8, 4) is 11.8 Å². The van der Waals surface area contributed by atoms with Crippen LogP contribution in [0.2, 0.25) is 5.02 Å². The van der Waals surface area contributed by atoms with E-state index in [1.807, 2.05) is 20.8 Å². The lowest BCUT2D eigenvalue weighted by Crippen LogP contribution is -2.50. The molecule has 1 aromatic heterocycles. The number of benzene rings is 1. The van der Waals surface area contributed by atoms with Gasteiger partial charge < -0.3 is 25.5 Å². The molecule has 5 N–H and O–H groups in total. The van der Waals surface area contributed by atoms with Crippen molar-refractivity contribution < 1.29 is 19.4 Å². The van der Waals surface area contributed by atoms with Crippen LogP contribution in [0.5, 0.6) is 5.75 Å². The Kier molecular flexibility index (Phi) is 8.08. The van der Waals surface area contributed by atoms with Gasteiger partial charge in [0, 0.05) is 23.4 Å². The van der Waals surface area contributed by atoms with Crippen LogP contribution in [-0.4, -0.2) is 47.6 Å². The highest BCUT2D eigenvalue weighted by Gasteiger charge is 2.32. The smallest absolute Gasteiger partial charge is 0.238 e. The first kappa shape index (κ1) is 25.8. The molecule has 2 aromatic rings. The predicted molar refractivity (Wildman–Crippen MR) is 129 cm³/mol. The molecule has 0 saturated carbocycles. The second-order valence-corrected chi connectivity index (χ2v) is 10.3. The molecule has 1 saturated heterocycles. The van der Waals surface area contributed by atoms with Gasteiger partial charge in [0.2, 0.25) is 11.8 Å². The number of nitriles is 1. The van der Waals surface area contributed by atoms with Crippen LogP contribution in [0.1, 0.15) is 52.0 Å². The molecule has 2 heterocycles. The molecule has 10 heteroatoms. The van der Waals surface area contributed by atoms with Crippen molar-refractivity contribution in [2.75, 3.05) is 13.7 Å². The number of ether oxygens (including phenoxy) is 1. The fraction of sp³-hybridized carbons (Fsp3) is 0.542. The van der Waals surface area contributed by atoms with E-state index < -0.39 is 24.2 Å². The lowest BCUT2D eigenvalue weighted by molar-refractivity contribution is -0.126. The third-order valence-corrected chi connectivity index (χ3v) is 6.17. The number of fused-ring (bicyclic) bond motifs is 1. The number of carbonyl (C=O) groups is 2. The van der Waals surface area contributed by atoms with E-state index in [0.717, 1.165) is 5.52 Å². The number of carbonyl (C=O) groups excluding carboxylic acids is 2. The second kappa shape index (κ2) is 10.6. The number of amides is 2. The minimum atomic E-state index is -1.19. The van der Waals surface area contributed by atoms with Crippen LogP contribution in [0, 0.1) is 22.7 Å². The number of aliphatic hydroxyl groups is 1. The van der Waals surface area contributed by atoms with Crippen LogP contribution in [0.15, 0.2) is 18.2 Å². The van der Waals surface area contributed by atoms with Crippen LogP contribution in [0.3, 0.4) is 0 Å². The summed E-state index contributed by atoms with van der Waals surface area (Å²) in [5.41, 5.74) is 0.939. The monoisotopic (exact) mass is 489 g/mol. The number of methoxy groups -OCH3 is 1. The maximum absolute atomic E-state index is 13.1. The topological polar surface area (TPSA) is 139 Å². The van der Waals surface area contributed by atoms with Gasteiger partial charge in [0.15, 0.2) is 0 Å². The SMILES string of the molecule is COc1c(Cl)ccc2[nH]c(C(O)NC(CC(C)(C)C)C(=O)NC(C#N)CC3CCNC3=O)cc12. The lowest BCUT2D eigenvalue weighted by atomic mass is 9.87. The summed E-state index contributed by atoms with van der Waals surface area (Å²) in [6.07, 6.45) is 0.118. The van der Waals surface area contributed by atoms with Gasteiger partial charge in [0.25, 0.3) is 0 Å². The van der Waals surface area contributed by atoms with Crippen LogP contribution in [0.4, 0.5) is 0 Å². The molecule has 4 unspecified atom stereocenters. The molecule has 3 rings (SSSR count). The number of hydrogen-bond acceptors (Lipinski definition) is 6. The largest absolute Gasteiger partial charge is 0.494 e. The molecule has 0 aliphatic carbocycles. The lowest BCUT2D eigenvalue weighted by Gasteiger charge is -2.29. The number of hydrogen-bond donors (Lipinski definition) is 5. The van der Waals surface area contributed by atoms with E-state index in [1.165, 1.54) is 7.11 Å². The van der Waals surface area contributed by atoms with E-state index in [-0.39, 0.29) is 23.7 Å². The summed E-state index contributed by atoms with van der Waals surface area (Å²) in [6, 6.07) is 5.71. The molecule has 1 aliphatic heterocycles. The van der Waals surface area contributed by atoms with E-state index in [4.69, 9.17) is 16.3 Å². The number of H-pyrrole nitrogens is 1. The Morgan fingerprint density at radius 2 is 2.15 bits per heavy atom. The van der Waals surface area contributed by atoms with Crippen molar-refractivity contribution in [1.82, 2.24) is 20.9 Å². The Bertz CT molecular complexity index is 1090. The molecule has 2 amide bonds. The maximum Gasteiger partial charge on any atom is 0.238 e. The Hall–Kier alpha value is -2.80. The molecular formula is C24H32ClN5O4. The third kappa shape index (κ3) is 6.20. The second-order valence-electron chi connectivity index (χ2n) is 9.86. The van der Waals surface area contributed by atoms with Crippen LogP contribution in [-0.2, 0) is 9.59 Å². The summed E-state index contributed by atoms with van der Waals surface area (Å²) in [7, 11) is 1.52. The normalized spacial score (nSPS) is 18.7. The van der Waals surface area contributed by atoms with Crippen molar-refractivity contribution in [3.63, 3.8) is 0 Å². The molecule has 0 radical (unpaired) electrons. The highest BCUT2D eigenvalue weighted by atomic mass is 35.5. The summed E-state index contributed by atoms with van der Waals surface area (Å²) in [6.45, 7) is 6.54. The first-order chi connectivity index (χ1) is 16.0. The van der Waals surface area contributed by atoms with E-state index in [1.54, 1.807) is 18.2 Å². The summed E-state index contributed by atoms with van der Waals surface area (Å²) < 4.78 is 5.38. The third-order valence-electron chi connectivity index (χ3n) is 5.87. The number of aliphatic hydroxyl groups excluding tert-OH is 1. The van der Waals surface area contributed by atoms with Gasteiger partial charge in [-0.15, -0.1) is 0 Å². The minimum absolute atomic E-state index is 0.0939. The Labute approximate surface area is 204 Å². The summed E-state index contributed by atoms with van der Waals surface area (Å²) in [5, 5.41) is 30.1. The standard InChI is InChI=1S/C24H32ClN5O4/c1-24(2,3)11-19(23(33)28-14(12-26)9-13-7-8-27-21(13)31)30-22(32)18-10-15-17(29-18)6-5-16(25)20(15)34-4/h5-6,10,13-14,19,22,29-30,32H,7-9,11H2,1-4H3,(H,27,31)(H,28,33). The molecule has 1 aromatic carbocycles. The molecule has 0 spiro atoms. The number of nitrogens with one attached hydrogen (secondary N) is 4. The zero-order chi connectivity index (χ0) is 25.0. The zero-order valence-electron chi connectivity index (χ0n) is 19.9.